The summed E-state index contributed by atoms with van der Waals surface area (Å²) in [4.78, 5) is 2.26. The highest BCUT2D eigenvalue weighted by Crippen LogP contribution is 2.19. The van der Waals surface area contributed by atoms with Gasteiger partial charge in [0.25, 0.3) is 0 Å². The minimum atomic E-state index is -0.431. The van der Waals surface area contributed by atoms with E-state index in [1.807, 2.05) is 24.3 Å². The van der Waals surface area contributed by atoms with Gasteiger partial charge in [-0.25, -0.2) is 0 Å². The molecule has 1 aromatic rings. The highest BCUT2D eigenvalue weighted by Gasteiger charge is 2.14. The number of hydrogen-bond acceptors (Lipinski definition) is 4. The van der Waals surface area contributed by atoms with Gasteiger partial charge in [-0.3, -0.25) is 4.90 Å². The zero-order chi connectivity index (χ0) is 12.8. The van der Waals surface area contributed by atoms with Crippen molar-refractivity contribution < 1.29 is 9.84 Å². The smallest absolute Gasteiger partial charge is 0.132 e. The second-order valence-electron chi connectivity index (χ2n) is 4.45. The number of β-amino-alcohol motifs (C(OH)–C–C–N with tert-alkyl or cyclic N) is 1. The van der Waals surface area contributed by atoms with E-state index in [1.165, 1.54) is 0 Å². The predicted octanol–water partition coefficient (Wildman–Crippen LogP) is 0.936. The maximum absolute atomic E-state index is 9.96. The molecule has 1 saturated heterocycles. The van der Waals surface area contributed by atoms with Gasteiger partial charge in [0.05, 0.1) is 3.57 Å². The Morgan fingerprint density at radius 3 is 2.78 bits per heavy atom. The number of rotatable bonds is 5. The number of nitrogens with zero attached hydrogens (tertiary/aromatic N) is 1. The third-order valence-corrected chi connectivity index (χ3v) is 3.84. The lowest BCUT2D eigenvalue weighted by Gasteiger charge is -2.29. The molecule has 1 unspecified atom stereocenters. The Labute approximate surface area is 121 Å². The topological polar surface area (TPSA) is 44.7 Å². The fraction of sp³-hybridized carbons (Fsp3) is 0.538. The summed E-state index contributed by atoms with van der Waals surface area (Å²) in [6.07, 6.45) is -0.431. The molecule has 0 bridgehead atoms. The molecule has 0 aliphatic carbocycles. The van der Waals surface area contributed by atoms with Gasteiger partial charge in [0, 0.05) is 32.7 Å². The fourth-order valence-corrected chi connectivity index (χ4v) is 2.54. The summed E-state index contributed by atoms with van der Waals surface area (Å²) in [5, 5.41) is 13.3. The molecular weight excluding hydrogens is 343 g/mol. The van der Waals surface area contributed by atoms with E-state index in [2.05, 4.69) is 32.8 Å². The van der Waals surface area contributed by atoms with Crippen LogP contribution in [0.3, 0.4) is 0 Å². The first-order chi connectivity index (χ1) is 8.75. The van der Waals surface area contributed by atoms with Crippen molar-refractivity contribution in [1.29, 1.82) is 0 Å². The number of para-hydroxylation sites is 1. The average Bonchev–Trinajstić information content (AvgIpc) is 2.39. The summed E-state index contributed by atoms with van der Waals surface area (Å²) in [5.74, 6) is 0.845. The number of nitrogens with one attached hydrogen (secondary N) is 1. The van der Waals surface area contributed by atoms with Crippen molar-refractivity contribution in [2.75, 3.05) is 39.3 Å². The number of hydrogen-bond donors (Lipinski definition) is 2. The highest BCUT2D eigenvalue weighted by molar-refractivity contribution is 14.1. The highest BCUT2D eigenvalue weighted by atomic mass is 127. The summed E-state index contributed by atoms with van der Waals surface area (Å²) < 4.78 is 6.71. The molecule has 1 aromatic carbocycles. The number of aliphatic hydroxyl groups excluding tert-OH is 1. The second-order valence-corrected chi connectivity index (χ2v) is 5.61. The molecule has 2 rings (SSSR count). The molecule has 1 atom stereocenters. The molecule has 1 aliphatic heterocycles. The van der Waals surface area contributed by atoms with Gasteiger partial charge in [-0.15, -0.1) is 0 Å². The van der Waals surface area contributed by atoms with Gasteiger partial charge in [0.2, 0.25) is 0 Å². The average molecular weight is 362 g/mol. The summed E-state index contributed by atoms with van der Waals surface area (Å²) in [6, 6.07) is 7.85. The van der Waals surface area contributed by atoms with Crippen molar-refractivity contribution in [3.8, 4) is 5.75 Å². The van der Waals surface area contributed by atoms with Crippen LogP contribution in [0.5, 0.6) is 5.75 Å². The Hall–Kier alpha value is -0.370. The Bertz CT molecular complexity index is 370. The van der Waals surface area contributed by atoms with E-state index in [4.69, 9.17) is 4.74 Å². The Balaban J connectivity index is 1.74. The van der Waals surface area contributed by atoms with Crippen molar-refractivity contribution in [3.63, 3.8) is 0 Å². The van der Waals surface area contributed by atoms with E-state index in [9.17, 15) is 5.11 Å². The quantitative estimate of drug-likeness (QED) is 0.766. The lowest BCUT2D eigenvalue weighted by Crippen LogP contribution is -2.47. The van der Waals surface area contributed by atoms with Crippen LogP contribution in [0, 0.1) is 3.57 Å². The maximum Gasteiger partial charge on any atom is 0.132 e. The first kappa shape index (κ1) is 14.0. The van der Waals surface area contributed by atoms with Crippen LogP contribution in [0.4, 0.5) is 0 Å². The number of ether oxygens (including phenoxy) is 1. The van der Waals surface area contributed by atoms with E-state index < -0.39 is 6.10 Å². The molecule has 0 spiro atoms. The van der Waals surface area contributed by atoms with Crippen LogP contribution in [-0.2, 0) is 0 Å². The molecule has 100 valence electrons. The summed E-state index contributed by atoms with van der Waals surface area (Å²) in [6.45, 7) is 5.04. The van der Waals surface area contributed by atoms with E-state index in [1.54, 1.807) is 0 Å². The van der Waals surface area contributed by atoms with Crippen LogP contribution in [0.15, 0.2) is 24.3 Å². The Morgan fingerprint density at radius 1 is 1.33 bits per heavy atom. The molecular formula is C13H19IN2O2. The van der Waals surface area contributed by atoms with Crippen LogP contribution in [0.2, 0.25) is 0 Å². The molecule has 2 N–H and O–H groups in total. The molecule has 4 nitrogen and oxygen atoms in total. The number of aliphatic hydroxyl groups is 1. The van der Waals surface area contributed by atoms with E-state index in [0.717, 1.165) is 35.5 Å². The summed E-state index contributed by atoms with van der Waals surface area (Å²) in [5.41, 5.74) is 0. The van der Waals surface area contributed by atoms with E-state index in [-0.39, 0.29) is 0 Å². The lowest BCUT2D eigenvalue weighted by atomic mass is 10.3. The largest absolute Gasteiger partial charge is 0.490 e. The molecule has 0 amide bonds. The zero-order valence-electron chi connectivity index (χ0n) is 10.3. The molecule has 0 radical (unpaired) electrons. The number of piperazine rings is 1. The van der Waals surface area contributed by atoms with Crippen LogP contribution in [-0.4, -0.2) is 55.4 Å². The fourth-order valence-electron chi connectivity index (χ4n) is 1.99. The second kappa shape index (κ2) is 7.28. The zero-order valence-corrected chi connectivity index (χ0v) is 12.5. The van der Waals surface area contributed by atoms with Crippen molar-refractivity contribution in [1.82, 2.24) is 10.2 Å². The van der Waals surface area contributed by atoms with Crippen molar-refractivity contribution in [2.24, 2.45) is 0 Å². The SMILES string of the molecule is OC(COc1ccccc1I)CN1CCNCC1. The first-order valence-electron chi connectivity index (χ1n) is 6.24. The third kappa shape index (κ3) is 4.38. The van der Waals surface area contributed by atoms with Gasteiger partial charge < -0.3 is 15.2 Å². The molecule has 1 fully saturated rings. The third-order valence-electron chi connectivity index (χ3n) is 2.95. The molecule has 18 heavy (non-hydrogen) atoms. The molecule has 1 heterocycles. The Kier molecular flexibility index (Phi) is 5.68. The Morgan fingerprint density at radius 2 is 2.06 bits per heavy atom. The van der Waals surface area contributed by atoms with Crippen molar-refractivity contribution in [3.05, 3.63) is 27.8 Å². The lowest BCUT2D eigenvalue weighted by molar-refractivity contribution is 0.0638. The van der Waals surface area contributed by atoms with Crippen LogP contribution in [0.25, 0.3) is 0 Å². The van der Waals surface area contributed by atoms with Gasteiger partial charge in [0.1, 0.15) is 18.5 Å². The van der Waals surface area contributed by atoms with Crippen LogP contribution in [0.1, 0.15) is 0 Å². The number of benzene rings is 1. The molecule has 0 saturated carbocycles. The van der Waals surface area contributed by atoms with E-state index >= 15 is 0 Å². The van der Waals surface area contributed by atoms with Gasteiger partial charge in [0.15, 0.2) is 0 Å². The summed E-state index contributed by atoms with van der Waals surface area (Å²) >= 11 is 2.24. The normalized spacial score (nSPS) is 18.6. The van der Waals surface area contributed by atoms with Gasteiger partial charge in [-0.2, -0.15) is 0 Å². The summed E-state index contributed by atoms with van der Waals surface area (Å²) in [7, 11) is 0. The van der Waals surface area contributed by atoms with Gasteiger partial charge in [-0.05, 0) is 34.7 Å². The first-order valence-corrected chi connectivity index (χ1v) is 7.32. The van der Waals surface area contributed by atoms with Gasteiger partial charge in [-0.1, -0.05) is 12.1 Å². The van der Waals surface area contributed by atoms with Crippen molar-refractivity contribution in [2.45, 2.75) is 6.10 Å². The van der Waals surface area contributed by atoms with Crippen LogP contribution >= 0.6 is 22.6 Å². The maximum atomic E-state index is 9.96. The minimum Gasteiger partial charge on any atom is -0.490 e. The van der Waals surface area contributed by atoms with Crippen LogP contribution < -0.4 is 10.1 Å². The molecule has 0 aromatic heterocycles. The predicted molar refractivity (Wildman–Crippen MR) is 80.0 cm³/mol. The monoisotopic (exact) mass is 362 g/mol. The van der Waals surface area contributed by atoms with E-state index in [0.29, 0.717) is 13.2 Å². The standard InChI is InChI=1S/C13H19IN2O2/c14-12-3-1-2-4-13(12)18-10-11(17)9-16-7-5-15-6-8-16/h1-4,11,15,17H,5-10H2. The molecule has 1 aliphatic rings. The minimum absolute atomic E-state index is 0.351. The van der Waals surface area contributed by atoms with Gasteiger partial charge >= 0.3 is 0 Å². The number of halogens is 1. The molecule has 5 heteroatoms. The van der Waals surface area contributed by atoms with Crippen molar-refractivity contribution >= 4 is 22.6 Å².